The Balaban J connectivity index is 1.56. The second kappa shape index (κ2) is 9.61. The van der Waals surface area contributed by atoms with E-state index >= 15 is 0 Å². The molecule has 8 heteroatoms. The Hall–Kier alpha value is -3.53. The van der Waals surface area contributed by atoms with Crippen molar-refractivity contribution in [1.82, 2.24) is 4.57 Å². The van der Waals surface area contributed by atoms with Gasteiger partial charge in [0.05, 0.1) is 24.0 Å². The Morgan fingerprint density at radius 1 is 0.857 bits per heavy atom. The molecular weight excluding hydrogens is 450 g/mol. The third-order valence-electron chi connectivity index (χ3n) is 6.21. The van der Waals surface area contributed by atoms with E-state index in [1.54, 1.807) is 30.5 Å². The molecule has 0 amide bonds. The average Bonchev–Trinajstić information content (AvgIpc) is 3.27. The van der Waals surface area contributed by atoms with Crippen LogP contribution in [0, 0.1) is 0 Å². The summed E-state index contributed by atoms with van der Waals surface area (Å²) in [6, 6.07) is 23.6. The van der Waals surface area contributed by atoms with Crippen molar-refractivity contribution in [2.75, 3.05) is 6.61 Å². The number of aromatic nitrogens is 1. The molecule has 5 rings (SSSR count). The molecule has 3 aromatic carbocycles. The van der Waals surface area contributed by atoms with Gasteiger partial charge in [-0.2, -0.15) is 0 Å². The number of ketones is 1. The fourth-order valence-corrected chi connectivity index (χ4v) is 4.35. The number of carbonyl (C=O) groups is 1. The van der Waals surface area contributed by atoms with Crippen molar-refractivity contribution >= 4 is 16.7 Å². The molecule has 1 saturated heterocycles. The molecule has 1 fully saturated rings. The van der Waals surface area contributed by atoms with Gasteiger partial charge in [-0.1, -0.05) is 54.6 Å². The number of para-hydroxylation sites is 2. The molecule has 4 N–H and O–H groups in total. The Kier molecular flexibility index (Phi) is 6.38. The summed E-state index contributed by atoms with van der Waals surface area (Å²) in [6.07, 6.45) is -5.30. The van der Waals surface area contributed by atoms with Crippen LogP contribution in [-0.4, -0.2) is 68.1 Å². The lowest BCUT2D eigenvalue weighted by molar-refractivity contribution is -0.277. The summed E-state index contributed by atoms with van der Waals surface area (Å²) < 4.78 is 13.3. The molecule has 5 atom stereocenters. The molecule has 1 aromatic heterocycles. The quantitative estimate of drug-likeness (QED) is 0.315. The largest absolute Gasteiger partial charge is 0.460 e. The van der Waals surface area contributed by atoms with Crippen LogP contribution in [0.5, 0.6) is 5.75 Å². The van der Waals surface area contributed by atoms with Gasteiger partial charge in [0.1, 0.15) is 30.2 Å². The zero-order valence-electron chi connectivity index (χ0n) is 18.6. The van der Waals surface area contributed by atoms with Crippen LogP contribution in [0.25, 0.3) is 16.6 Å². The van der Waals surface area contributed by atoms with Crippen molar-refractivity contribution in [3.8, 4) is 11.4 Å². The minimum atomic E-state index is -1.55. The van der Waals surface area contributed by atoms with Crippen LogP contribution < -0.4 is 4.74 Å². The number of hydrogen-bond acceptors (Lipinski definition) is 7. The lowest BCUT2D eigenvalue weighted by atomic mass is 9.99. The minimum Gasteiger partial charge on any atom is -0.460 e. The van der Waals surface area contributed by atoms with Gasteiger partial charge in [-0.05, 0) is 24.3 Å². The van der Waals surface area contributed by atoms with Gasteiger partial charge >= 0.3 is 0 Å². The Bertz CT molecular complexity index is 1330. The highest BCUT2D eigenvalue weighted by molar-refractivity contribution is 6.11. The number of hydrogen-bond donors (Lipinski definition) is 4. The zero-order valence-corrected chi connectivity index (χ0v) is 18.6. The number of fused-ring (bicyclic) bond motifs is 1. The monoisotopic (exact) mass is 475 g/mol. The van der Waals surface area contributed by atoms with Crippen LogP contribution >= 0.6 is 0 Å². The third-order valence-corrected chi connectivity index (χ3v) is 6.21. The first-order valence-corrected chi connectivity index (χ1v) is 11.3. The molecule has 0 saturated carbocycles. The van der Waals surface area contributed by atoms with Crippen molar-refractivity contribution in [3.05, 3.63) is 96.2 Å². The van der Waals surface area contributed by atoms with Crippen molar-refractivity contribution < 1.29 is 34.7 Å². The van der Waals surface area contributed by atoms with Gasteiger partial charge in [0, 0.05) is 16.5 Å². The van der Waals surface area contributed by atoms with Crippen LogP contribution in [0.4, 0.5) is 0 Å². The van der Waals surface area contributed by atoms with Gasteiger partial charge in [-0.3, -0.25) is 4.79 Å². The molecule has 2 heterocycles. The highest BCUT2D eigenvalue weighted by atomic mass is 16.7. The third kappa shape index (κ3) is 4.22. The Morgan fingerprint density at radius 2 is 1.54 bits per heavy atom. The maximum Gasteiger partial charge on any atom is 0.229 e. The predicted octanol–water partition coefficient (Wildman–Crippen LogP) is 2.04. The summed E-state index contributed by atoms with van der Waals surface area (Å²) in [5.74, 6) is 0.210. The van der Waals surface area contributed by atoms with E-state index in [0.717, 1.165) is 5.52 Å². The number of ether oxygens (including phenoxy) is 2. The van der Waals surface area contributed by atoms with Crippen molar-refractivity contribution in [3.63, 3.8) is 0 Å². The second-order valence-electron chi connectivity index (χ2n) is 8.41. The van der Waals surface area contributed by atoms with Gasteiger partial charge in [0.15, 0.2) is 5.78 Å². The first-order valence-electron chi connectivity index (χ1n) is 11.3. The fourth-order valence-electron chi connectivity index (χ4n) is 4.35. The van der Waals surface area contributed by atoms with Gasteiger partial charge < -0.3 is 34.5 Å². The lowest BCUT2D eigenvalue weighted by Gasteiger charge is -2.39. The number of aliphatic hydroxyl groups excluding tert-OH is 4. The van der Waals surface area contributed by atoms with Crippen LogP contribution in [0.1, 0.15) is 15.9 Å². The highest BCUT2D eigenvalue weighted by Crippen LogP contribution is 2.34. The van der Waals surface area contributed by atoms with Gasteiger partial charge in [-0.25, -0.2) is 0 Å². The first kappa shape index (κ1) is 23.2. The van der Waals surface area contributed by atoms with Crippen molar-refractivity contribution in [1.29, 1.82) is 0 Å². The highest BCUT2D eigenvalue weighted by Gasteiger charge is 2.45. The van der Waals surface area contributed by atoms with Gasteiger partial charge in [0.25, 0.3) is 0 Å². The van der Waals surface area contributed by atoms with Crippen LogP contribution in [0.2, 0.25) is 0 Å². The fraction of sp³-hybridized carbons (Fsp3) is 0.222. The number of rotatable bonds is 6. The molecular formula is C27H25NO7. The van der Waals surface area contributed by atoms with Crippen LogP contribution in [0.15, 0.2) is 85.1 Å². The van der Waals surface area contributed by atoms with E-state index in [1.807, 2.05) is 59.2 Å². The topological polar surface area (TPSA) is 121 Å². The summed E-state index contributed by atoms with van der Waals surface area (Å²) in [7, 11) is 0. The molecule has 0 unspecified atom stereocenters. The SMILES string of the molecule is O=C(c1ccccc1)c1ccccc1-n1cc(O[C@@H]2O[C@H](CO)[C@H](O)[C@H](O)[C@H]2O)c2ccccc21. The molecule has 0 spiro atoms. The summed E-state index contributed by atoms with van der Waals surface area (Å²) in [5, 5.41) is 40.8. The van der Waals surface area contributed by atoms with Crippen LogP contribution in [-0.2, 0) is 4.74 Å². The number of nitrogens with zero attached hydrogens (tertiary/aromatic N) is 1. The molecule has 35 heavy (non-hydrogen) atoms. The van der Waals surface area contributed by atoms with Gasteiger partial charge in [0.2, 0.25) is 6.29 Å². The molecule has 180 valence electrons. The molecule has 0 bridgehead atoms. The zero-order chi connectivity index (χ0) is 24.5. The summed E-state index contributed by atoms with van der Waals surface area (Å²) >= 11 is 0. The van der Waals surface area contributed by atoms with E-state index in [4.69, 9.17) is 9.47 Å². The normalized spacial score (nSPS) is 24.4. The van der Waals surface area contributed by atoms with Crippen LogP contribution in [0.3, 0.4) is 0 Å². The Morgan fingerprint density at radius 3 is 2.31 bits per heavy atom. The molecule has 0 aliphatic carbocycles. The van der Waals surface area contributed by atoms with E-state index in [-0.39, 0.29) is 5.78 Å². The van der Waals surface area contributed by atoms with Gasteiger partial charge in [-0.15, -0.1) is 0 Å². The van der Waals surface area contributed by atoms with Crippen molar-refractivity contribution in [2.24, 2.45) is 0 Å². The summed E-state index contributed by atoms with van der Waals surface area (Å²) in [6.45, 7) is -0.554. The summed E-state index contributed by atoms with van der Waals surface area (Å²) in [5.41, 5.74) is 2.45. The Labute approximate surface area is 201 Å². The average molecular weight is 475 g/mol. The molecule has 4 aromatic rings. The summed E-state index contributed by atoms with van der Waals surface area (Å²) in [4.78, 5) is 13.3. The van der Waals surface area contributed by atoms with E-state index in [1.165, 1.54) is 0 Å². The molecule has 0 radical (unpaired) electrons. The first-order chi connectivity index (χ1) is 17.0. The molecule has 8 nitrogen and oxygen atoms in total. The minimum absolute atomic E-state index is 0.129. The van der Waals surface area contributed by atoms with E-state index in [9.17, 15) is 25.2 Å². The maximum absolute atomic E-state index is 13.3. The number of aliphatic hydroxyl groups is 4. The standard InChI is InChI=1S/C27H25NO7/c29-15-22-24(31)25(32)26(33)27(35-22)34-21-14-28(19-12-6-4-10-17(19)21)20-13-7-5-11-18(20)23(30)16-8-2-1-3-9-16/h1-14,22,24-27,29,31-33H,15H2/t22-,24+,25+,26-,27-/m1/s1. The van der Waals surface area contributed by atoms with E-state index < -0.39 is 37.3 Å². The predicted molar refractivity (Wildman–Crippen MR) is 128 cm³/mol. The van der Waals surface area contributed by atoms with Crippen molar-refractivity contribution in [2.45, 2.75) is 30.7 Å². The smallest absolute Gasteiger partial charge is 0.229 e. The number of benzene rings is 3. The van der Waals surface area contributed by atoms with E-state index in [2.05, 4.69) is 0 Å². The second-order valence-corrected chi connectivity index (χ2v) is 8.41. The lowest BCUT2D eigenvalue weighted by Crippen LogP contribution is -2.60. The maximum atomic E-state index is 13.3. The molecule has 1 aliphatic rings. The number of carbonyl (C=O) groups excluding carboxylic acids is 1. The molecule has 1 aliphatic heterocycles. The van der Waals surface area contributed by atoms with E-state index in [0.29, 0.717) is 28.0 Å².